The van der Waals surface area contributed by atoms with Gasteiger partial charge in [0.25, 0.3) is 5.91 Å². The number of aromatic nitrogens is 1. The molecule has 5 nitrogen and oxygen atoms in total. The van der Waals surface area contributed by atoms with Crippen LogP contribution in [0.4, 0.5) is 0 Å². The van der Waals surface area contributed by atoms with Gasteiger partial charge in [0.1, 0.15) is 11.3 Å². The zero-order chi connectivity index (χ0) is 20.3. The van der Waals surface area contributed by atoms with Crippen molar-refractivity contribution < 1.29 is 9.53 Å². The van der Waals surface area contributed by atoms with Crippen molar-refractivity contribution >= 4 is 16.8 Å². The van der Waals surface area contributed by atoms with Crippen LogP contribution in [0.2, 0.25) is 0 Å². The van der Waals surface area contributed by atoms with Gasteiger partial charge in [-0.15, -0.1) is 0 Å². The van der Waals surface area contributed by atoms with Crippen LogP contribution in [-0.2, 0) is 6.54 Å². The van der Waals surface area contributed by atoms with Crippen LogP contribution in [-0.4, -0.2) is 29.4 Å². The molecule has 0 saturated heterocycles. The van der Waals surface area contributed by atoms with E-state index in [2.05, 4.69) is 18.8 Å². The van der Waals surface area contributed by atoms with Crippen LogP contribution in [0.3, 0.4) is 0 Å². The highest BCUT2D eigenvalue weighted by atomic mass is 16.5. The number of pyridine rings is 1. The summed E-state index contributed by atoms with van der Waals surface area (Å²) >= 11 is 0. The van der Waals surface area contributed by atoms with E-state index >= 15 is 0 Å². The predicted octanol–water partition coefficient (Wildman–Crippen LogP) is 4.14. The minimum absolute atomic E-state index is 0.140. The molecule has 3 aromatic rings. The molecule has 1 N–H and O–H groups in total. The summed E-state index contributed by atoms with van der Waals surface area (Å²) in [6, 6.07) is 13.2. The van der Waals surface area contributed by atoms with Gasteiger partial charge >= 0.3 is 0 Å². The molecule has 0 radical (unpaired) electrons. The fraction of sp³-hybridized carbons (Fsp3) is 0.304. The summed E-state index contributed by atoms with van der Waals surface area (Å²) in [6.07, 6.45) is 1.51. The number of nitrogens with one attached hydrogen (secondary N) is 1. The third kappa shape index (κ3) is 4.09. The van der Waals surface area contributed by atoms with Gasteiger partial charge in [0, 0.05) is 30.7 Å². The number of carbonyl (C=O) groups excluding carboxylic acids is 1. The molecule has 2 aromatic carbocycles. The fourth-order valence-corrected chi connectivity index (χ4v) is 3.13. The number of carbonyl (C=O) groups is 1. The second-order valence-corrected chi connectivity index (χ2v) is 7.50. The van der Waals surface area contributed by atoms with Gasteiger partial charge in [-0.25, -0.2) is 0 Å². The maximum Gasteiger partial charge on any atom is 0.259 e. The van der Waals surface area contributed by atoms with Gasteiger partial charge in [-0.05, 0) is 30.5 Å². The number of hydrogen-bond donors (Lipinski definition) is 1. The number of nitrogens with zero attached hydrogens (tertiary/aromatic N) is 1. The Morgan fingerprint density at radius 1 is 1.14 bits per heavy atom. The normalized spacial score (nSPS) is 11.0. The second-order valence-electron chi connectivity index (χ2n) is 7.50. The largest absolute Gasteiger partial charge is 0.493 e. The first kappa shape index (κ1) is 19.7. The molecule has 1 amide bonds. The van der Waals surface area contributed by atoms with Crippen molar-refractivity contribution in [2.45, 2.75) is 27.3 Å². The minimum Gasteiger partial charge on any atom is -0.493 e. The lowest BCUT2D eigenvalue weighted by molar-refractivity contribution is 0.0782. The monoisotopic (exact) mass is 378 g/mol. The lowest BCUT2D eigenvalue weighted by Crippen LogP contribution is -2.31. The minimum atomic E-state index is -0.316. The molecule has 146 valence electrons. The second kappa shape index (κ2) is 8.30. The molecule has 0 fully saturated rings. The van der Waals surface area contributed by atoms with Crippen molar-refractivity contribution in [1.29, 1.82) is 0 Å². The Balaban J connectivity index is 1.86. The number of benzene rings is 2. The fourth-order valence-electron chi connectivity index (χ4n) is 3.13. The van der Waals surface area contributed by atoms with E-state index in [0.29, 0.717) is 24.5 Å². The van der Waals surface area contributed by atoms with Crippen molar-refractivity contribution in [1.82, 2.24) is 9.88 Å². The summed E-state index contributed by atoms with van der Waals surface area (Å²) in [5.74, 6) is 0.856. The third-order valence-corrected chi connectivity index (χ3v) is 4.65. The number of hydrogen-bond acceptors (Lipinski definition) is 3. The van der Waals surface area contributed by atoms with Gasteiger partial charge in [0.2, 0.25) is 5.43 Å². The first-order chi connectivity index (χ1) is 13.4. The molecule has 0 atom stereocenters. The smallest absolute Gasteiger partial charge is 0.259 e. The Morgan fingerprint density at radius 3 is 2.64 bits per heavy atom. The highest BCUT2D eigenvalue weighted by molar-refractivity contribution is 5.97. The standard InChI is InChI=1S/C23H26N2O3/c1-15(2)14-28-20-11-6-5-9-17(20)13-25(4)23(27)19-12-24-21-16(3)8-7-10-18(21)22(19)26/h5-12,15H,13-14H2,1-4H3,(H,24,26). The number of fused-ring (bicyclic) bond motifs is 1. The number of amides is 1. The summed E-state index contributed by atoms with van der Waals surface area (Å²) in [6.45, 7) is 7.08. The molecular formula is C23H26N2O3. The first-order valence-electron chi connectivity index (χ1n) is 9.45. The average molecular weight is 378 g/mol. The zero-order valence-electron chi connectivity index (χ0n) is 16.8. The third-order valence-electron chi connectivity index (χ3n) is 4.65. The summed E-state index contributed by atoms with van der Waals surface area (Å²) in [4.78, 5) is 30.4. The topological polar surface area (TPSA) is 62.4 Å². The molecule has 0 aliphatic heterocycles. The van der Waals surface area contributed by atoms with Gasteiger partial charge in [0.15, 0.2) is 0 Å². The Bertz CT molecular complexity index is 1050. The molecule has 0 spiro atoms. The quantitative estimate of drug-likeness (QED) is 0.701. The van der Waals surface area contributed by atoms with Crippen LogP contribution in [0.1, 0.15) is 35.3 Å². The van der Waals surface area contributed by atoms with E-state index in [4.69, 9.17) is 4.74 Å². The molecule has 3 rings (SSSR count). The van der Waals surface area contributed by atoms with Gasteiger partial charge in [-0.3, -0.25) is 9.59 Å². The van der Waals surface area contributed by atoms with Gasteiger partial charge in [-0.2, -0.15) is 0 Å². The maximum atomic E-state index is 12.9. The van der Waals surface area contributed by atoms with Crippen molar-refractivity contribution in [2.24, 2.45) is 5.92 Å². The van der Waals surface area contributed by atoms with E-state index in [1.54, 1.807) is 18.0 Å². The SMILES string of the molecule is Cc1cccc2c(=O)c(C(=O)N(C)Cc3ccccc3OCC(C)C)c[nH]c12. The van der Waals surface area contributed by atoms with Crippen LogP contribution in [0.15, 0.2) is 53.5 Å². The summed E-state index contributed by atoms with van der Waals surface area (Å²) < 4.78 is 5.87. The number of aryl methyl sites for hydroxylation is 1. The first-order valence-corrected chi connectivity index (χ1v) is 9.45. The molecule has 0 bridgehead atoms. The van der Waals surface area contributed by atoms with Gasteiger partial charge in [0.05, 0.1) is 12.1 Å². The van der Waals surface area contributed by atoms with Gasteiger partial charge < -0.3 is 14.6 Å². The number of ether oxygens (including phenoxy) is 1. The van der Waals surface area contributed by atoms with E-state index in [-0.39, 0.29) is 16.9 Å². The van der Waals surface area contributed by atoms with E-state index in [0.717, 1.165) is 22.4 Å². The maximum absolute atomic E-state index is 12.9. The predicted molar refractivity (Wildman–Crippen MR) is 112 cm³/mol. The molecule has 1 aromatic heterocycles. The lowest BCUT2D eigenvalue weighted by Gasteiger charge is -2.20. The average Bonchev–Trinajstić information content (AvgIpc) is 2.67. The van der Waals surface area contributed by atoms with Crippen molar-refractivity contribution in [3.05, 3.63) is 75.6 Å². The van der Waals surface area contributed by atoms with Crippen molar-refractivity contribution in [3.8, 4) is 5.75 Å². The Kier molecular flexibility index (Phi) is 5.83. The zero-order valence-corrected chi connectivity index (χ0v) is 16.8. The number of aromatic amines is 1. The van der Waals surface area contributed by atoms with Crippen LogP contribution >= 0.6 is 0 Å². The Labute approximate surface area is 165 Å². The Morgan fingerprint density at radius 2 is 1.89 bits per heavy atom. The molecule has 0 saturated carbocycles. The molecule has 1 heterocycles. The summed E-state index contributed by atoms with van der Waals surface area (Å²) in [7, 11) is 1.70. The highest BCUT2D eigenvalue weighted by Gasteiger charge is 2.19. The highest BCUT2D eigenvalue weighted by Crippen LogP contribution is 2.21. The van der Waals surface area contributed by atoms with E-state index in [9.17, 15) is 9.59 Å². The van der Waals surface area contributed by atoms with Crippen molar-refractivity contribution in [3.63, 3.8) is 0 Å². The molecule has 0 aliphatic carbocycles. The molecule has 0 unspecified atom stereocenters. The molecule has 5 heteroatoms. The summed E-state index contributed by atoms with van der Waals surface area (Å²) in [5, 5.41) is 0.528. The number of rotatable bonds is 6. The number of para-hydroxylation sites is 2. The van der Waals surface area contributed by atoms with Crippen LogP contribution < -0.4 is 10.2 Å². The van der Waals surface area contributed by atoms with Crippen LogP contribution in [0.5, 0.6) is 5.75 Å². The van der Waals surface area contributed by atoms with Crippen LogP contribution in [0.25, 0.3) is 10.9 Å². The van der Waals surface area contributed by atoms with Crippen LogP contribution in [0, 0.1) is 12.8 Å². The molecule has 0 aliphatic rings. The molecular weight excluding hydrogens is 352 g/mol. The molecule has 28 heavy (non-hydrogen) atoms. The van der Waals surface area contributed by atoms with E-state index in [1.807, 2.05) is 43.3 Å². The Hall–Kier alpha value is -3.08. The van der Waals surface area contributed by atoms with Gasteiger partial charge in [-0.1, -0.05) is 44.2 Å². The summed E-state index contributed by atoms with van der Waals surface area (Å²) in [5.41, 5.74) is 2.53. The number of H-pyrrole nitrogens is 1. The van der Waals surface area contributed by atoms with E-state index < -0.39 is 0 Å². The lowest BCUT2D eigenvalue weighted by atomic mass is 10.1. The van der Waals surface area contributed by atoms with E-state index in [1.165, 1.54) is 6.20 Å². The van der Waals surface area contributed by atoms with Crippen molar-refractivity contribution in [2.75, 3.05) is 13.7 Å².